The first-order chi connectivity index (χ1) is 16.1. The molecule has 0 aliphatic carbocycles. The number of rotatable bonds is 6. The fraction of sp³-hybridized carbons (Fsp3) is 0.348. The Morgan fingerprint density at radius 1 is 1.06 bits per heavy atom. The van der Waals surface area contributed by atoms with Crippen molar-refractivity contribution in [3.63, 3.8) is 0 Å². The fourth-order valence-corrected chi connectivity index (χ4v) is 3.12. The number of piperazine rings is 1. The smallest absolute Gasteiger partial charge is 0.490 e. The van der Waals surface area contributed by atoms with Crippen LogP contribution in [-0.4, -0.2) is 78.7 Å². The van der Waals surface area contributed by atoms with Gasteiger partial charge in [0.2, 0.25) is 5.91 Å². The highest BCUT2D eigenvalue weighted by molar-refractivity contribution is 5.96. The lowest BCUT2D eigenvalue weighted by Crippen LogP contribution is -2.50. The van der Waals surface area contributed by atoms with Crippen molar-refractivity contribution in [1.29, 1.82) is 0 Å². The number of carbonyl (C=O) groups excluding carboxylic acids is 2. The van der Waals surface area contributed by atoms with Gasteiger partial charge in [-0.3, -0.25) is 9.59 Å². The molecule has 0 aromatic heterocycles. The number of aliphatic carboxylic acids is 1. The molecule has 1 fully saturated rings. The number of benzene rings is 2. The lowest BCUT2D eigenvalue weighted by atomic mass is 10.1. The van der Waals surface area contributed by atoms with Gasteiger partial charge in [-0.15, -0.1) is 0 Å². The van der Waals surface area contributed by atoms with E-state index in [0.29, 0.717) is 30.9 Å². The van der Waals surface area contributed by atoms with Crippen molar-refractivity contribution >= 4 is 17.8 Å². The molecule has 1 aliphatic rings. The number of ether oxygens (including phenoxy) is 1. The zero-order valence-electron chi connectivity index (χ0n) is 18.5. The molecule has 0 unspecified atom stereocenters. The van der Waals surface area contributed by atoms with Gasteiger partial charge in [0.1, 0.15) is 12.3 Å². The van der Waals surface area contributed by atoms with Crippen LogP contribution in [0.5, 0.6) is 5.75 Å². The van der Waals surface area contributed by atoms with Gasteiger partial charge in [0, 0.05) is 38.3 Å². The van der Waals surface area contributed by atoms with Gasteiger partial charge in [0.25, 0.3) is 5.91 Å². The second-order valence-electron chi connectivity index (χ2n) is 7.31. The molecule has 34 heavy (non-hydrogen) atoms. The molecule has 1 heterocycles. The summed E-state index contributed by atoms with van der Waals surface area (Å²) < 4.78 is 37.0. The highest BCUT2D eigenvalue weighted by atomic mass is 19.4. The molecule has 0 atom stereocenters. The highest BCUT2D eigenvalue weighted by Gasteiger charge is 2.38. The summed E-state index contributed by atoms with van der Waals surface area (Å²) in [5.74, 6) is -2.34. The van der Waals surface area contributed by atoms with Crippen LogP contribution in [0.2, 0.25) is 0 Å². The van der Waals surface area contributed by atoms with Crippen molar-refractivity contribution in [2.45, 2.75) is 12.7 Å². The number of halogens is 3. The third-order valence-electron chi connectivity index (χ3n) is 4.86. The molecular weight excluding hydrogens is 455 g/mol. The minimum atomic E-state index is -5.08. The van der Waals surface area contributed by atoms with Gasteiger partial charge in [-0.1, -0.05) is 36.4 Å². The first-order valence-corrected chi connectivity index (χ1v) is 10.4. The van der Waals surface area contributed by atoms with E-state index in [1.807, 2.05) is 35.2 Å². The molecule has 0 radical (unpaired) electrons. The number of methoxy groups -OCH3 is 1. The van der Waals surface area contributed by atoms with Gasteiger partial charge >= 0.3 is 12.1 Å². The second-order valence-corrected chi connectivity index (χ2v) is 7.31. The van der Waals surface area contributed by atoms with E-state index in [9.17, 15) is 22.8 Å². The predicted molar refractivity (Wildman–Crippen MR) is 117 cm³/mol. The van der Waals surface area contributed by atoms with Crippen LogP contribution in [0.1, 0.15) is 15.9 Å². The highest BCUT2D eigenvalue weighted by Crippen LogP contribution is 2.16. The number of carboxylic acids is 1. The summed E-state index contributed by atoms with van der Waals surface area (Å²) in [5.41, 5.74) is 1.50. The first-order valence-electron chi connectivity index (χ1n) is 10.4. The van der Waals surface area contributed by atoms with E-state index in [4.69, 9.17) is 14.6 Å². The summed E-state index contributed by atoms with van der Waals surface area (Å²) in [6.45, 7) is 3.36. The molecule has 1 saturated heterocycles. The van der Waals surface area contributed by atoms with Gasteiger partial charge in [0.05, 0.1) is 7.11 Å². The number of carboxylic acid groups (broad SMARTS) is 1. The van der Waals surface area contributed by atoms with E-state index in [0.717, 1.165) is 18.7 Å². The van der Waals surface area contributed by atoms with Crippen LogP contribution >= 0.6 is 0 Å². The number of hydrogen-bond acceptors (Lipinski definition) is 5. The molecule has 8 nitrogen and oxygen atoms in total. The van der Waals surface area contributed by atoms with Crippen molar-refractivity contribution in [1.82, 2.24) is 15.1 Å². The summed E-state index contributed by atoms with van der Waals surface area (Å²) in [6, 6.07) is 16.7. The van der Waals surface area contributed by atoms with Crippen LogP contribution in [0.15, 0.2) is 54.6 Å². The van der Waals surface area contributed by atoms with Crippen molar-refractivity contribution in [3.8, 4) is 5.75 Å². The second kappa shape index (κ2) is 12.6. The van der Waals surface area contributed by atoms with E-state index < -0.39 is 12.1 Å². The Hall–Kier alpha value is -3.60. The van der Waals surface area contributed by atoms with Crippen LogP contribution in [-0.2, 0) is 16.1 Å². The maximum absolute atomic E-state index is 13.1. The molecule has 0 spiro atoms. The number of nitrogens with one attached hydrogen (secondary N) is 1. The third kappa shape index (κ3) is 8.39. The molecule has 2 amide bonds. The van der Waals surface area contributed by atoms with E-state index in [-0.39, 0.29) is 18.4 Å². The van der Waals surface area contributed by atoms with Crippen molar-refractivity contribution in [2.24, 2.45) is 0 Å². The number of nitrogens with zero attached hydrogens (tertiary/aromatic N) is 2. The van der Waals surface area contributed by atoms with Gasteiger partial charge in [-0.25, -0.2) is 4.79 Å². The fourth-order valence-electron chi connectivity index (χ4n) is 3.12. The van der Waals surface area contributed by atoms with Crippen molar-refractivity contribution < 1.29 is 37.4 Å². The first kappa shape index (κ1) is 26.7. The molecule has 0 saturated carbocycles. The van der Waals surface area contributed by atoms with Crippen LogP contribution in [0.3, 0.4) is 0 Å². The number of carbonyl (C=O) groups is 3. The van der Waals surface area contributed by atoms with E-state index in [1.54, 1.807) is 36.3 Å². The molecule has 3 rings (SSSR count). The quantitative estimate of drug-likeness (QED) is 0.658. The molecule has 2 aromatic rings. The lowest BCUT2D eigenvalue weighted by molar-refractivity contribution is -0.192. The molecule has 0 bridgehead atoms. The SMILES string of the molecule is COc1cccc(C(=O)N(CC(=O)N2CCNCC2)Cc2ccccc2)c1.O=C(O)C(F)(F)F. The van der Waals surface area contributed by atoms with Gasteiger partial charge in [0.15, 0.2) is 0 Å². The monoisotopic (exact) mass is 481 g/mol. The third-order valence-corrected chi connectivity index (χ3v) is 4.86. The molecular formula is C23H26F3N3O5. The number of alkyl halides is 3. The van der Waals surface area contributed by atoms with E-state index in [2.05, 4.69) is 5.32 Å². The van der Waals surface area contributed by atoms with Crippen LogP contribution < -0.4 is 10.1 Å². The Bertz CT molecular complexity index is 964. The summed E-state index contributed by atoms with van der Waals surface area (Å²) >= 11 is 0. The van der Waals surface area contributed by atoms with Crippen LogP contribution in [0.4, 0.5) is 13.2 Å². The van der Waals surface area contributed by atoms with E-state index >= 15 is 0 Å². The maximum atomic E-state index is 13.1. The van der Waals surface area contributed by atoms with Crippen LogP contribution in [0, 0.1) is 0 Å². The summed E-state index contributed by atoms with van der Waals surface area (Å²) in [6.07, 6.45) is -5.08. The minimum absolute atomic E-state index is 0.0244. The van der Waals surface area contributed by atoms with Crippen molar-refractivity contribution in [2.75, 3.05) is 39.8 Å². The average molecular weight is 481 g/mol. The minimum Gasteiger partial charge on any atom is -0.497 e. The standard InChI is InChI=1S/C21H25N3O3.C2HF3O2/c1-27-19-9-5-8-18(14-19)21(26)24(15-17-6-3-2-4-7-17)16-20(25)23-12-10-22-11-13-23;3-2(4,5)1(6)7/h2-9,14,22H,10-13,15-16H2,1H3;(H,6,7). The molecule has 2 N–H and O–H groups in total. The van der Waals surface area contributed by atoms with Crippen LogP contribution in [0.25, 0.3) is 0 Å². The maximum Gasteiger partial charge on any atom is 0.490 e. The Balaban J connectivity index is 0.000000509. The Morgan fingerprint density at radius 2 is 1.68 bits per heavy atom. The summed E-state index contributed by atoms with van der Waals surface area (Å²) in [7, 11) is 1.57. The number of hydrogen-bond donors (Lipinski definition) is 2. The summed E-state index contributed by atoms with van der Waals surface area (Å²) in [4.78, 5) is 38.2. The predicted octanol–water partition coefficient (Wildman–Crippen LogP) is 2.40. The topological polar surface area (TPSA) is 99.2 Å². The Kier molecular flexibility index (Phi) is 9.87. The summed E-state index contributed by atoms with van der Waals surface area (Å²) in [5, 5.41) is 10.4. The van der Waals surface area contributed by atoms with Gasteiger partial charge in [-0.05, 0) is 23.8 Å². The normalized spacial score (nSPS) is 13.4. The molecule has 184 valence electrons. The molecule has 11 heteroatoms. The zero-order valence-corrected chi connectivity index (χ0v) is 18.5. The Morgan fingerprint density at radius 3 is 2.24 bits per heavy atom. The van der Waals surface area contributed by atoms with Gasteiger partial charge in [-0.2, -0.15) is 13.2 Å². The average Bonchev–Trinajstić information content (AvgIpc) is 2.84. The number of amides is 2. The van der Waals surface area contributed by atoms with Crippen molar-refractivity contribution in [3.05, 3.63) is 65.7 Å². The lowest BCUT2D eigenvalue weighted by Gasteiger charge is -2.30. The largest absolute Gasteiger partial charge is 0.497 e. The Labute approximate surface area is 194 Å². The van der Waals surface area contributed by atoms with E-state index in [1.165, 1.54) is 0 Å². The molecule has 2 aromatic carbocycles. The molecule has 1 aliphatic heterocycles. The van der Waals surface area contributed by atoms with Gasteiger partial charge < -0.3 is 25.0 Å². The zero-order chi connectivity index (χ0) is 25.1.